The van der Waals surface area contributed by atoms with Crippen LogP contribution < -0.4 is 5.32 Å². The third-order valence-corrected chi connectivity index (χ3v) is 4.64. The lowest BCUT2D eigenvalue weighted by Crippen LogP contribution is -2.12. The summed E-state index contributed by atoms with van der Waals surface area (Å²) in [6, 6.07) is 5.18. The van der Waals surface area contributed by atoms with Crippen LogP contribution in [0, 0.1) is 24.0 Å². The van der Waals surface area contributed by atoms with Gasteiger partial charge >= 0.3 is 0 Å². The van der Waals surface area contributed by atoms with Crippen LogP contribution in [0.25, 0.3) is 10.8 Å². The molecule has 0 bridgehead atoms. The third-order valence-electron chi connectivity index (χ3n) is 4.64. The lowest BCUT2D eigenvalue weighted by molar-refractivity contribution is -0.383. The van der Waals surface area contributed by atoms with E-state index in [1.165, 1.54) is 11.6 Å². The number of non-ortho nitro benzene ring substituents is 1. The molecule has 1 unspecified atom stereocenters. The van der Waals surface area contributed by atoms with E-state index < -0.39 is 0 Å². The standard InChI is InChI=1S/C18H21N5O2/c1-5-15(18-11(2)21-22(4)12(18)3)20-16-6-7-17(23(24)25)14-10-19-9-8-13(14)16/h6-10,15,20H,5H2,1-4H3. The quantitative estimate of drug-likeness (QED) is 0.559. The summed E-state index contributed by atoms with van der Waals surface area (Å²) in [4.78, 5) is 14.9. The summed E-state index contributed by atoms with van der Waals surface area (Å²) < 4.78 is 1.88. The number of hydrogen-bond donors (Lipinski definition) is 1. The van der Waals surface area contributed by atoms with Gasteiger partial charge in [0.1, 0.15) is 0 Å². The zero-order valence-corrected chi connectivity index (χ0v) is 14.8. The van der Waals surface area contributed by atoms with Crippen molar-refractivity contribution in [2.75, 3.05) is 5.32 Å². The number of pyridine rings is 1. The maximum absolute atomic E-state index is 11.3. The minimum Gasteiger partial charge on any atom is -0.378 e. The Morgan fingerprint density at radius 1 is 1.28 bits per heavy atom. The first-order valence-corrected chi connectivity index (χ1v) is 8.21. The maximum atomic E-state index is 11.3. The molecular weight excluding hydrogens is 318 g/mol. The normalized spacial score (nSPS) is 12.3. The van der Waals surface area contributed by atoms with Crippen LogP contribution in [-0.4, -0.2) is 19.7 Å². The van der Waals surface area contributed by atoms with Gasteiger partial charge in [0.2, 0.25) is 0 Å². The minimum atomic E-state index is -0.374. The second-order valence-electron chi connectivity index (χ2n) is 6.12. The van der Waals surface area contributed by atoms with Crippen molar-refractivity contribution in [3.63, 3.8) is 0 Å². The number of nitrogens with zero attached hydrogens (tertiary/aromatic N) is 4. The van der Waals surface area contributed by atoms with Gasteiger partial charge in [0, 0.05) is 47.8 Å². The van der Waals surface area contributed by atoms with Gasteiger partial charge in [0.25, 0.3) is 5.69 Å². The third kappa shape index (κ3) is 2.93. The molecule has 130 valence electrons. The van der Waals surface area contributed by atoms with Crippen LogP contribution in [-0.2, 0) is 7.05 Å². The lowest BCUT2D eigenvalue weighted by atomic mass is 10.0. The van der Waals surface area contributed by atoms with Crippen LogP contribution in [0.15, 0.2) is 30.6 Å². The molecule has 1 atom stereocenters. The van der Waals surface area contributed by atoms with Crippen LogP contribution in [0.2, 0.25) is 0 Å². The number of hydrogen-bond acceptors (Lipinski definition) is 5. The summed E-state index contributed by atoms with van der Waals surface area (Å²) in [5, 5.41) is 20.6. The first-order chi connectivity index (χ1) is 11.9. The molecule has 25 heavy (non-hydrogen) atoms. The van der Waals surface area contributed by atoms with Crippen LogP contribution >= 0.6 is 0 Å². The van der Waals surface area contributed by atoms with E-state index in [4.69, 9.17) is 0 Å². The Labute approximate surface area is 145 Å². The van der Waals surface area contributed by atoms with Crippen molar-refractivity contribution < 1.29 is 4.92 Å². The van der Waals surface area contributed by atoms with Crippen molar-refractivity contribution in [1.82, 2.24) is 14.8 Å². The molecule has 2 heterocycles. The Morgan fingerprint density at radius 3 is 2.64 bits per heavy atom. The van der Waals surface area contributed by atoms with Gasteiger partial charge in [0.05, 0.1) is 22.0 Å². The van der Waals surface area contributed by atoms with Crippen molar-refractivity contribution >= 4 is 22.1 Å². The Balaban J connectivity index is 2.08. The van der Waals surface area contributed by atoms with Crippen molar-refractivity contribution in [1.29, 1.82) is 0 Å². The molecule has 3 rings (SSSR count). The molecule has 0 saturated heterocycles. The average Bonchev–Trinajstić information content (AvgIpc) is 2.85. The second kappa shape index (κ2) is 6.51. The number of benzene rings is 1. The summed E-state index contributed by atoms with van der Waals surface area (Å²) in [6.45, 7) is 6.17. The molecule has 1 N–H and O–H groups in total. The summed E-state index contributed by atoms with van der Waals surface area (Å²) >= 11 is 0. The van der Waals surface area contributed by atoms with Crippen LogP contribution in [0.5, 0.6) is 0 Å². The molecule has 0 radical (unpaired) electrons. The van der Waals surface area contributed by atoms with E-state index in [0.29, 0.717) is 5.39 Å². The highest BCUT2D eigenvalue weighted by atomic mass is 16.6. The fourth-order valence-corrected chi connectivity index (χ4v) is 3.32. The molecule has 2 aromatic heterocycles. The van der Waals surface area contributed by atoms with Gasteiger partial charge < -0.3 is 5.32 Å². The molecule has 0 aliphatic rings. The van der Waals surface area contributed by atoms with Crippen molar-refractivity contribution in [2.45, 2.75) is 33.2 Å². The van der Waals surface area contributed by atoms with Crippen molar-refractivity contribution in [3.05, 3.63) is 57.7 Å². The van der Waals surface area contributed by atoms with E-state index in [1.807, 2.05) is 18.7 Å². The van der Waals surface area contributed by atoms with E-state index in [0.717, 1.165) is 28.9 Å². The zero-order valence-electron chi connectivity index (χ0n) is 14.8. The van der Waals surface area contributed by atoms with Gasteiger partial charge in [-0.25, -0.2) is 0 Å². The molecule has 0 aliphatic carbocycles. The fourth-order valence-electron chi connectivity index (χ4n) is 3.32. The van der Waals surface area contributed by atoms with Gasteiger partial charge in [-0.15, -0.1) is 0 Å². The Hall–Kier alpha value is -2.96. The SMILES string of the molecule is CCC(Nc1ccc([N+](=O)[O-])c2cnccc12)c1c(C)nn(C)c1C. The first-order valence-electron chi connectivity index (χ1n) is 8.21. The largest absolute Gasteiger partial charge is 0.378 e. The predicted octanol–water partition coefficient (Wildman–Crippen LogP) is 4.06. The Morgan fingerprint density at radius 2 is 2.04 bits per heavy atom. The summed E-state index contributed by atoms with van der Waals surface area (Å²) in [5.41, 5.74) is 4.20. The molecule has 0 amide bonds. The lowest BCUT2D eigenvalue weighted by Gasteiger charge is -2.20. The molecule has 0 saturated carbocycles. The Kier molecular flexibility index (Phi) is 4.39. The number of aryl methyl sites for hydroxylation is 2. The molecule has 1 aromatic carbocycles. The number of nitrogens with one attached hydrogen (secondary N) is 1. The highest BCUT2D eigenvalue weighted by Gasteiger charge is 2.21. The fraction of sp³-hybridized carbons (Fsp3) is 0.333. The highest BCUT2D eigenvalue weighted by molar-refractivity contribution is 5.99. The molecule has 3 aromatic rings. The topological polar surface area (TPSA) is 85.9 Å². The zero-order chi connectivity index (χ0) is 18.1. The van der Waals surface area contributed by atoms with E-state index in [-0.39, 0.29) is 16.7 Å². The average molecular weight is 339 g/mol. The molecule has 0 fully saturated rings. The molecule has 7 heteroatoms. The maximum Gasteiger partial charge on any atom is 0.278 e. The smallest absolute Gasteiger partial charge is 0.278 e. The van der Waals surface area contributed by atoms with E-state index >= 15 is 0 Å². The number of aromatic nitrogens is 3. The first kappa shape index (κ1) is 16.9. The van der Waals surface area contributed by atoms with Gasteiger partial charge in [-0.3, -0.25) is 19.8 Å². The summed E-state index contributed by atoms with van der Waals surface area (Å²) in [5.74, 6) is 0. The number of anilines is 1. The van der Waals surface area contributed by atoms with E-state index in [2.05, 4.69) is 29.2 Å². The van der Waals surface area contributed by atoms with Crippen molar-refractivity contribution in [2.24, 2.45) is 7.05 Å². The predicted molar refractivity (Wildman–Crippen MR) is 97.7 cm³/mol. The van der Waals surface area contributed by atoms with Crippen LogP contribution in [0.1, 0.15) is 36.3 Å². The molecule has 0 spiro atoms. The van der Waals surface area contributed by atoms with E-state index in [1.54, 1.807) is 24.5 Å². The number of nitro benzene ring substituents is 1. The summed E-state index contributed by atoms with van der Waals surface area (Å²) in [7, 11) is 1.94. The highest BCUT2D eigenvalue weighted by Crippen LogP contribution is 2.34. The van der Waals surface area contributed by atoms with Crippen molar-refractivity contribution in [3.8, 4) is 0 Å². The van der Waals surface area contributed by atoms with Gasteiger partial charge in [-0.05, 0) is 32.4 Å². The van der Waals surface area contributed by atoms with Gasteiger partial charge in [0.15, 0.2) is 0 Å². The molecular formula is C18H21N5O2. The molecule has 0 aliphatic heterocycles. The van der Waals surface area contributed by atoms with Crippen LogP contribution in [0.3, 0.4) is 0 Å². The minimum absolute atomic E-state index is 0.0652. The monoisotopic (exact) mass is 339 g/mol. The second-order valence-corrected chi connectivity index (χ2v) is 6.12. The van der Waals surface area contributed by atoms with Gasteiger partial charge in [-0.2, -0.15) is 5.10 Å². The van der Waals surface area contributed by atoms with Gasteiger partial charge in [-0.1, -0.05) is 6.92 Å². The van der Waals surface area contributed by atoms with Crippen LogP contribution in [0.4, 0.5) is 11.4 Å². The Bertz CT molecular complexity index is 948. The number of fused-ring (bicyclic) bond motifs is 1. The molecule has 7 nitrogen and oxygen atoms in total. The van der Waals surface area contributed by atoms with E-state index in [9.17, 15) is 10.1 Å². The summed E-state index contributed by atoms with van der Waals surface area (Å²) in [6.07, 6.45) is 4.07. The number of rotatable bonds is 5. The number of nitro groups is 1.